The number of allylic oxidation sites excluding steroid dienone is 2. The Morgan fingerprint density at radius 2 is 1.93 bits per heavy atom. The van der Waals surface area contributed by atoms with E-state index in [2.05, 4.69) is 31.8 Å². The van der Waals surface area contributed by atoms with Crippen LogP contribution < -0.4 is 0 Å². The Morgan fingerprint density at radius 3 is 2.50 bits per heavy atom. The molecule has 0 amide bonds. The second kappa shape index (κ2) is 8.56. The van der Waals surface area contributed by atoms with Gasteiger partial charge in [-0.2, -0.15) is 0 Å². The predicted molar refractivity (Wildman–Crippen MR) is 61.0 cm³/mol. The Hall–Kier alpha value is -1.03. The van der Waals surface area contributed by atoms with Gasteiger partial charge in [-0.1, -0.05) is 18.6 Å². The van der Waals surface area contributed by atoms with E-state index in [1.54, 1.807) is 0 Å². The highest BCUT2D eigenvalue weighted by Gasteiger charge is 1.98. The lowest BCUT2D eigenvalue weighted by Crippen LogP contribution is -1.95. The number of carbonyl (C=O) groups is 1. The quantitative estimate of drug-likeness (QED) is 0.481. The number of carbonyl (C=O) groups excluding carboxylic acids is 1. The molecule has 0 rings (SSSR count). The summed E-state index contributed by atoms with van der Waals surface area (Å²) in [6, 6.07) is 0. The summed E-state index contributed by atoms with van der Waals surface area (Å²) < 4.78 is 0. The smallest absolute Gasteiger partial charge is 0.134 e. The summed E-state index contributed by atoms with van der Waals surface area (Å²) in [6.07, 6.45) is 5.87. The number of Topliss-reactive ketones (excluding diaryl/α,β-unsaturated/α-hetero) is 1. The molecule has 0 aromatic carbocycles. The fourth-order valence-corrected chi connectivity index (χ4v) is 1.06. The number of hydrogen-bond donors (Lipinski definition) is 0. The molecule has 1 heteroatoms. The minimum atomic E-state index is 0.327. The van der Waals surface area contributed by atoms with Gasteiger partial charge in [-0.25, -0.2) is 0 Å². The van der Waals surface area contributed by atoms with E-state index in [0.29, 0.717) is 18.6 Å². The molecule has 0 atom stereocenters. The van der Waals surface area contributed by atoms with Gasteiger partial charge in [0.25, 0.3) is 0 Å². The van der Waals surface area contributed by atoms with E-state index in [1.807, 2.05) is 6.92 Å². The van der Waals surface area contributed by atoms with Crippen molar-refractivity contribution < 1.29 is 4.79 Å². The summed E-state index contributed by atoms with van der Waals surface area (Å²) in [6.45, 7) is 6.12. The van der Waals surface area contributed by atoms with Crippen LogP contribution >= 0.6 is 0 Å². The van der Waals surface area contributed by atoms with E-state index in [1.165, 1.54) is 5.57 Å². The molecule has 78 valence electrons. The molecule has 0 radical (unpaired) electrons. The molecular formula is C13H20O. The van der Waals surface area contributed by atoms with Gasteiger partial charge in [0.15, 0.2) is 0 Å². The highest BCUT2D eigenvalue weighted by atomic mass is 16.1. The third-order valence-electron chi connectivity index (χ3n) is 1.81. The molecule has 0 N–H and O–H groups in total. The van der Waals surface area contributed by atoms with E-state index in [-0.39, 0.29) is 0 Å². The van der Waals surface area contributed by atoms with Crippen LogP contribution in [-0.2, 0) is 4.79 Å². The molecule has 14 heavy (non-hydrogen) atoms. The minimum absolute atomic E-state index is 0.327. The van der Waals surface area contributed by atoms with Crippen LogP contribution in [0.2, 0.25) is 0 Å². The van der Waals surface area contributed by atoms with Gasteiger partial charge in [-0.05, 0) is 20.3 Å². The van der Waals surface area contributed by atoms with Crippen molar-refractivity contribution in [1.82, 2.24) is 0 Å². The molecule has 0 aliphatic rings. The second-order valence-electron chi connectivity index (χ2n) is 3.57. The molecule has 1 nitrogen and oxygen atoms in total. The zero-order valence-corrected chi connectivity index (χ0v) is 9.52. The Labute approximate surface area is 87.6 Å². The summed E-state index contributed by atoms with van der Waals surface area (Å²) in [4.78, 5) is 11.3. The standard InChI is InChI=1S/C13H20O/c1-4-5-6-7-10-13(14)11-8-9-12(2)3/h9H,4,7-8,10-11H2,1-3H3. The first-order valence-electron chi connectivity index (χ1n) is 5.27. The first-order chi connectivity index (χ1) is 6.66. The number of ketones is 1. The van der Waals surface area contributed by atoms with Gasteiger partial charge in [0.05, 0.1) is 0 Å². The summed E-state index contributed by atoms with van der Waals surface area (Å²) in [7, 11) is 0. The third kappa shape index (κ3) is 9.06. The Kier molecular flexibility index (Phi) is 7.93. The average Bonchev–Trinajstić information content (AvgIpc) is 2.12. The highest BCUT2D eigenvalue weighted by Crippen LogP contribution is 2.01. The largest absolute Gasteiger partial charge is 0.300 e. The van der Waals surface area contributed by atoms with Crippen LogP contribution in [-0.4, -0.2) is 5.78 Å². The normalized spacial score (nSPS) is 8.79. The van der Waals surface area contributed by atoms with E-state index in [0.717, 1.165) is 19.3 Å². The van der Waals surface area contributed by atoms with Crippen molar-refractivity contribution in [2.24, 2.45) is 0 Å². The number of hydrogen-bond acceptors (Lipinski definition) is 1. The van der Waals surface area contributed by atoms with Gasteiger partial charge in [0.1, 0.15) is 5.78 Å². The molecule has 0 aromatic rings. The maximum atomic E-state index is 11.3. The van der Waals surface area contributed by atoms with Crippen LogP contribution in [0.1, 0.15) is 52.9 Å². The topological polar surface area (TPSA) is 17.1 Å². The summed E-state index contributed by atoms with van der Waals surface area (Å²) in [5, 5.41) is 0. The van der Waals surface area contributed by atoms with Crippen molar-refractivity contribution >= 4 is 5.78 Å². The molecule has 0 heterocycles. The van der Waals surface area contributed by atoms with Crippen molar-refractivity contribution in [2.45, 2.75) is 52.9 Å². The van der Waals surface area contributed by atoms with E-state index in [4.69, 9.17) is 0 Å². The van der Waals surface area contributed by atoms with E-state index >= 15 is 0 Å². The monoisotopic (exact) mass is 192 g/mol. The molecule has 0 aliphatic carbocycles. The highest BCUT2D eigenvalue weighted by molar-refractivity contribution is 5.78. The minimum Gasteiger partial charge on any atom is -0.300 e. The van der Waals surface area contributed by atoms with Gasteiger partial charge < -0.3 is 0 Å². The summed E-state index contributed by atoms with van der Waals surface area (Å²) in [5.74, 6) is 6.27. The Morgan fingerprint density at radius 1 is 1.21 bits per heavy atom. The SMILES string of the molecule is CCC#CCCC(=O)CCC=C(C)C. The van der Waals surface area contributed by atoms with Crippen molar-refractivity contribution in [2.75, 3.05) is 0 Å². The van der Waals surface area contributed by atoms with E-state index < -0.39 is 0 Å². The van der Waals surface area contributed by atoms with Crippen molar-refractivity contribution in [1.29, 1.82) is 0 Å². The fourth-order valence-electron chi connectivity index (χ4n) is 1.06. The Bertz CT molecular complexity index is 246. The molecule has 0 bridgehead atoms. The van der Waals surface area contributed by atoms with Crippen LogP contribution in [0.25, 0.3) is 0 Å². The van der Waals surface area contributed by atoms with Crippen LogP contribution in [0.15, 0.2) is 11.6 Å². The van der Waals surface area contributed by atoms with Crippen LogP contribution in [0, 0.1) is 11.8 Å². The maximum absolute atomic E-state index is 11.3. The average molecular weight is 192 g/mol. The molecule has 0 fully saturated rings. The summed E-state index contributed by atoms with van der Waals surface area (Å²) >= 11 is 0. The maximum Gasteiger partial charge on any atom is 0.134 e. The van der Waals surface area contributed by atoms with E-state index in [9.17, 15) is 4.79 Å². The molecule has 0 saturated heterocycles. The number of rotatable bonds is 5. The summed E-state index contributed by atoms with van der Waals surface area (Å²) in [5.41, 5.74) is 1.28. The third-order valence-corrected chi connectivity index (χ3v) is 1.81. The zero-order valence-electron chi connectivity index (χ0n) is 9.52. The molecule has 0 aromatic heterocycles. The van der Waals surface area contributed by atoms with Crippen LogP contribution in [0.5, 0.6) is 0 Å². The Balaban J connectivity index is 3.51. The van der Waals surface area contributed by atoms with Gasteiger partial charge in [-0.3, -0.25) is 4.79 Å². The van der Waals surface area contributed by atoms with Gasteiger partial charge in [0, 0.05) is 25.7 Å². The molecule has 0 saturated carbocycles. The fraction of sp³-hybridized carbons (Fsp3) is 0.615. The molecule has 0 aliphatic heterocycles. The molecule has 0 spiro atoms. The second-order valence-corrected chi connectivity index (χ2v) is 3.57. The van der Waals surface area contributed by atoms with Crippen LogP contribution in [0.4, 0.5) is 0 Å². The lowest BCUT2D eigenvalue weighted by Gasteiger charge is -1.94. The van der Waals surface area contributed by atoms with Crippen molar-refractivity contribution in [3.63, 3.8) is 0 Å². The lowest BCUT2D eigenvalue weighted by atomic mass is 10.1. The van der Waals surface area contributed by atoms with Gasteiger partial charge >= 0.3 is 0 Å². The molecular weight excluding hydrogens is 172 g/mol. The van der Waals surface area contributed by atoms with Crippen molar-refractivity contribution in [3.8, 4) is 11.8 Å². The van der Waals surface area contributed by atoms with Crippen LogP contribution in [0.3, 0.4) is 0 Å². The van der Waals surface area contributed by atoms with Crippen molar-refractivity contribution in [3.05, 3.63) is 11.6 Å². The first-order valence-corrected chi connectivity index (χ1v) is 5.27. The first kappa shape index (κ1) is 13.0. The zero-order chi connectivity index (χ0) is 10.8. The predicted octanol–water partition coefficient (Wildman–Crippen LogP) is 3.50. The van der Waals surface area contributed by atoms with Gasteiger partial charge in [-0.15, -0.1) is 11.8 Å². The molecule has 0 unspecified atom stereocenters. The lowest BCUT2D eigenvalue weighted by molar-refractivity contribution is -0.118. The van der Waals surface area contributed by atoms with Gasteiger partial charge in [0.2, 0.25) is 0 Å².